The van der Waals surface area contributed by atoms with Gasteiger partial charge in [0.25, 0.3) is 0 Å². The summed E-state index contributed by atoms with van der Waals surface area (Å²) in [7, 11) is 2.24. The van der Waals surface area contributed by atoms with Crippen molar-refractivity contribution >= 4 is 11.8 Å². The molecule has 2 nitrogen and oxygen atoms in total. The van der Waals surface area contributed by atoms with Crippen LogP contribution in [0, 0.1) is 0 Å². The molecule has 0 aliphatic heterocycles. The van der Waals surface area contributed by atoms with Crippen molar-refractivity contribution < 1.29 is 0 Å². The molecule has 0 N–H and O–H groups in total. The van der Waals surface area contributed by atoms with Crippen LogP contribution in [0.15, 0.2) is 24.5 Å². The third kappa shape index (κ3) is 2.98. The summed E-state index contributed by atoms with van der Waals surface area (Å²) in [5.41, 5.74) is 1.32. The van der Waals surface area contributed by atoms with Crippen molar-refractivity contribution in [3.05, 3.63) is 30.1 Å². The topological polar surface area (TPSA) is 16.1 Å². The molecule has 1 aliphatic carbocycles. The van der Waals surface area contributed by atoms with Gasteiger partial charge in [-0.3, -0.25) is 9.88 Å². The molecule has 0 spiro atoms. The fraction of sp³-hybridized carbons (Fsp3) is 0.615. The van der Waals surface area contributed by atoms with Gasteiger partial charge in [0.05, 0.1) is 0 Å². The lowest BCUT2D eigenvalue weighted by molar-refractivity contribution is 0.237. The minimum Gasteiger partial charge on any atom is -0.299 e. The fourth-order valence-corrected chi connectivity index (χ4v) is 3.23. The van der Waals surface area contributed by atoms with Gasteiger partial charge in [-0.15, -0.1) is 0 Å². The van der Waals surface area contributed by atoms with Gasteiger partial charge in [-0.1, -0.05) is 6.07 Å². The van der Waals surface area contributed by atoms with Gasteiger partial charge in [0, 0.05) is 30.2 Å². The molecule has 1 heterocycles. The first-order valence-corrected chi connectivity index (χ1v) is 7.20. The van der Waals surface area contributed by atoms with Crippen molar-refractivity contribution in [1.29, 1.82) is 0 Å². The third-order valence-corrected chi connectivity index (χ3v) is 4.56. The summed E-state index contributed by atoms with van der Waals surface area (Å²) in [6.07, 6.45) is 10.1. The van der Waals surface area contributed by atoms with Crippen molar-refractivity contribution in [2.75, 3.05) is 13.3 Å². The Morgan fingerprint density at radius 3 is 3.00 bits per heavy atom. The molecule has 2 rings (SSSR count). The zero-order valence-corrected chi connectivity index (χ0v) is 10.9. The molecule has 16 heavy (non-hydrogen) atoms. The van der Waals surface area contributed by atoms with Gasteiger partial charge in [-0.2, -0.15) is 11.8 Å². The van der Waals surface area contributed by atoms with E-state index in [1.165, 1.54) is 24.8 Å². The molecular formula is C13H20N2S. The van der Waals surface area contributed by atoms with Crippen LogP contribution in [0.25, 0.3) is 0 Å². The third-order valence-electron chi connectivity index (χ3n) is 3.47. The molecule has 0 aromatic carbocycles. The Morgan fingerprint density at radius 2 is 2.38 bits per heavy atom. The predicted octanol–water partition coefficient (Wildman–Crippen LogP) is 2.80. The molecule has 0 saturated heterocycles. The van der Waals surface area contributed by atoms with Crippen LogP contribution < -0.4 is 0 Å². The van der Waals surface area contributed by atoms with E-state index in [2.05, 4.69) is 29.3 Å². The first-order chi connectivity index (χ1) is 7.79. The molecule has 0 bridgehead atoms. The summed E-state index contributed by atoms with van der Waals surface area (Å²) in [5, 5.41) is 0.876. The second kappa shape index (κ2) is 5.69. The summed E-state index contributed by atoms with van der Waals surface area (Å²) < 4.78 is 0. The molecule has 0 radical (unpaired) electrons. The van der Waals surface area contributed by atoms with E-state index in [1.807, 2.05) is 30.2 Å². The Morgan fingerprint density at radius 1 is 1.50 bits per heavy atom. The maximum absolute atomic E-state index is 4.16. The van der Waals surface area contributed by atoms with Gasteiger partial charge in [0.15, 0.2) is 0 Å². The Balaban J connectivity index is 1.87. The highest BCUT2D eigenvalue weighted by atomic mass is 32.2. The van der Waals surface area contributed by atoms with E-state index in [9.17, 15) is 0 Å². The van der Waals surface area contributed by atoms with Gasteiger partial charge in [-0.05, 0) is 44.2 Å². The average molecular weight is 236 g/mol. The number of hydrogen-bond acceptors (Lipinski definition) is 3. The van der Waals surface area contributed by atoms with Crippen LogP contribution in [-0.4, -0.2) is 34.5 Å². The molecule has 1 aromatic rings. The molecular weight excluding hydrogens is 216 g/mol. The fourth-order valence-electron chi connectivity index (χ4n) is 2.44. The maximum Gasteiger partial charge on any atom is 0.0312 e. The van der Waals surface area contributed by atoms with Crippen molar-refractivity contribution in [1.82, 2.24) is 9.88 Å². The van der Waals surface area contributed by atoms with Gasteiger partial charge in [0.1, 0.15) is 0 Å². The Labute approximate surface area is 102 Å². The van der Waals surface area contributed by atoms with Crippen molar-refractivity contribution in [2.45, 2.75) is 37.1 Å². The number of aromatic nitrogens is 1. The van der Waals surface area contributed by atoms with Crippen LogP contribution in [0.1, 0.15) is 24.8 Å². The van der Waals surface area contributed by atoms with Gasteiger partial charge < -0.3 is 0 Å². The predicted molar refractivity (Wildman–Crippen MR) is 70.6 cm³/mol. The quantitative estimate of drug-likeness (QED) is 0.799. The zero-order chi connectivity index (χ0) is 11.4. The highest BCUT2D eigenvalue weighted by Crippen LogP contribution is 2.31. The summed E-state index contributed by atoms with van der Waals surface area (Å²) in [4.78, 5) is 6.64. The highest BCUT2D eigenvalue weighted by Gasteiger charge is 2.26. The van der Waals surface area contributed by atoms with Gasteiger partial charge in [-0.25, -0.2) is 0 Å². The largest absolute Gasteiger partial charge is 0.299 e. The molecule has 88 valence electrons. The number of pyridine rings is 1. The molecule has 1 fully saturated rings. The number of rotatable bonds is 4. The van der Waals surface area contributed by atoms with Crippen molar-refractivity contribution in [2.24, 2.45) is 0 Å². The van der Waals surface area contributed by atoms with Gasteiger partial charge in [0.2, 0.25) is 0 Å². The van der Waals surface area contributed by atoms with E-state index in [0.717, 1.165) is 17.8 Å². The van der Waals surface area contributed by atoms with Crippen molar-refractivity contribution in [3.8, 4) is 0 Å². The van der Waals surface area contributed by atoms with E-state index in [0.29, 0.717) is 0 Å². The van der Waals surface area contributed by atoms with Gasteiger partial charge >= 0.3 is 0 Å². The lowest BCUT2D eigenvalue weighted by Gasteiger charge is -2.24. The minimum atomic E-state index is 0.762. The lowest BCUT2D eigenvalue weighted by atomic mass is 10.2. The molecule has 1 aromatic heterocycles. The van der Waals surface area contributed by atoms with E-state index >= 15 is 0 Å². The monoisotopic (exact) mass is 236 g/mol. The van der Waals surface area contributed by atoms with E-state index in [1.54, 1.807) is 0 Å². The first-order valence-electron chi connectivity index (χ1n) is 5.91. The van der Waals surface area contributed by atoms with Crippen LogP contribution in [-0.2, 0) is 6.54 Å². The summed E-state index contributed by atoms with van der Waals surface area (Å²) >= 11 is 2.02. The maximum atomic E-state index is 4.16. The van der Waals surface area contributed by atoms with E-state index in [-0.39, 0.29) is 0 Å². The van der Waals surface area contributed by atoms with Crippen LogP contribution in [0.2, 0.25) is 0 Å². The average Bonchev–Trinajstić information content (AvgIpc) is 2.79. The molecule has 0 amide bonds. The Hall–Kier alpha value is -0.540. The highest BCUT2D eigenvalue weighted by molar-refractivity contribution is 7.99. The number of hydrogen-bond donors (Lipinski definition) is 0. The van der Waals surface area contributed by atoms with Crippen LogP contribution in [0.3, 0.4) is 0 Å². The molecule has 1 saturated carbocycles. The SMILES string of the molecule is CS[C@H]1CC[C@@H](N(C)Cc2cccnc2)C1. The summed E-state index contributed by atoms with van der Waals surface area (Å²) in [6.45, 7) is 1.03. The van der Waals surface area contributed by atoms with Crippen LogP contribution >= 0.6 is 11.8 Å². The molecule has 1 aliphatic rings. The van der Waals surface area contributed by atoms with Crippen LogP contribution in [0.5, 0.6) is 0 Å². The Kier molecular flexibility index (Phi) is 4.24. The molecule has 0 unspecified atom stereocenters. The van der Waals surface area contributed by atoms with Crippen molar-refractivity contribution in [3.63, 3.8) is 0 Å². The minimum absolute atomic E-state index is 0.762. The van der Waals surface area contributed by atoms with E-state index < -0.39 is 0 Å². The summed E-state index contributed by atoms with van der Waals surface area (Å²) in [5.74, 6) is 0. The van der Waals surface area contributed by atoms with E-state index in [4.69, 9.17) is 0 Å². The first kappa shape index (κ1) is 11.9. The second-order valence-electron chi connectivity index (χ2n) is 4.60. The lowest BCUT2D eigenvalue weighted by Crippen LogP contribution is -2.29. The molecule has 3 heteroatoms. The Bertz CT molecular complexity index is 315. The smallest absolute Gasteiger partial charge is 0.0312 e. The standard InChI is InChI=1S/C13H20N2S/c1-15(10-11-4-3-7-14-9-11)12-5-6-13(8-12)16-2/h3-4,7,9,12-13H,5-6,8,10H2,1-2H3/t12-,13+/m1/s1. The molecule has 2 atom stereocenters. The number of nitrogens with zero attached hydrogens (tertiary/aromatic N) is 2. The second-order valence-corrected chi connectivity index (χ2v) is 5.74. The number of thioether (sulfide) groups is 1. The van der Waals surface area contributed by atoms with Crippen LogP contribution in [0.4, 0.5) is 0 Å². The zero-order valence-electron chi connectivity index (χ0n) is 10.1. The normalized spacial score (nSPS) is 25.2. The summed E-state index contributed by atoms with van der Waals surface area (Å²) in [6, 6.07) is 4.94.